The first-order chi connectivity index (χ1) is 9.26. The Hall–Kier alpha value is -1.91. The number of rotatable bonds is 3. The van der Waals surface area contributed by atoms with Crippen LogP contribution in [0.1, 0.15) is 49.0 Å². The summed E-state index contributed by atoms with van der Waals surface area (Å²) < 4.78 is 0. The molecule has 0 aliphatic heterocycles. The summed E-state index contributed by atoms with van der Waals surface area (Å²) in [5.74, 6) is -1.33. The molecule has 1 aliphatic rings. The second-order valence-corrected chi connectivity index (χ2v) is 6.37. The summed E-state index contributed by atoms with van der Waals surface area (Å²) in [5.41, 5.74) is -0.0217. The quantitative estimate of drug-likeness (QED) is 0.886. The number of carbonyl (C=O) groups is 2. The van der Waals surface area contributed by atoms with Gasteiger partial charge in [-0.05, 0) is 43.2 Å². The number of aliphatic carboxylic acids is 1. The molecule has 1 aromatic heterocycles. The molecule has 0 saturated heterocycles. The molecular formula is C15H20N2O3. The van der Waals surface area contributed by atoms with Crippen molar-refractivity contribution in [1.82, 2.24) is 10.3 Å². The average Bonchev–Trinajstić information content (AvgIpc) is 2.66. The first kappa shape index (κ1) is 14.5. The van der Waals surface area contributed by atoms with Crippen LogP contribution in [0, 0.1) is 12.3 Å². The fourth-order valence-electron chi connectivity index (χ4n) is 2.87. The Morgan fingerprint density at radius 1 is 1.35 bits per heavy atom. The smallest absolute Gasteiger partial charge is 0.329 e. The highest BCUT2D eigenvalue weighted by Gasteiger charge is 2.49. The Balaban J connectivity index is 2.25. The van der Waals surface area contributed by atoms with Gasteiger partial charge in [-0.15, -0.1) is 0 Å². The molecule has 0 spiro atoms. The van der Waals surface area contributed by atoms with Gasteiger partial charge in [-0.3, -0.25) is 9.78 Å². The molecule has 1 saturated carbocycles. The molecule has 1 aliphatic carbocycles. The van der Waals surface area contributed by atoms with Gasteiger partial charge in [-0.25, -0.2) is 4.79 Å². The van der Waals surface area contributed by atoms with E-state index < -0.39 is 11.5 Å². The van der Waals surface area contributed by atoms with Gasteiger partial charge in [-0.2, -0.15) is 0 Å². The van der Waals surface area contributed by atoms with Gasteiger partial charge in [0.1, 0.15) is 5.54 Å². The largest absolute Gasteiger partial charge is 0.480 e. The van der Waals surface area contributed by atoms with Crippen LogP contribution in [-0.4, -0.2) is 27.5 Å². The molecule has 20 heavy (non-hydrogen) atoms. The maximum Gasteiger partial charge on any atom is 0.329 e. The number of pyridine rings is 1. The third-order valence-electron chi connectivity index (χ3n) is 4.05. The number of aromatic nitrogens is 1. The molecule has 2 rings (SSSR count). The highest BCUT2D eigenvalue weighted by atomic mass is 16.4. The van der Waals surface area contributed by atoms with Crippen LogP contribution in [0.3, 0.4) is 0 Å². The molecule has 1 heterocycles. The fraction of sp³-hybridized carbons (Fsp3) is 0.533. The maximum atomic E-state index is 12.3. The van der Waals surface area contributed by atoms with E-state index in [0.717, 1.165) is 12.0 Å². The van der Waals surface area contributed by atoms with Crippen LogP contribution >= 0.6 is 0 Å². The molecule has 5 nitrogen and oxygen atoms in total. The van der Waals surface area contributed by atoms with Crippen LogP contribution in [-0.2, 0) is 4.79 Å². The van der Waals surface area contributed by atoms with Crippen molar-refractivity contribution in [2.24, 2.45) is 5.41 Å². The van der Waals surface area contributed by atoms with Crippen molar-refractivity contribution in [2.45, 2.75) is 45.6 Å². The van der Waals surface area contributed by atoms with E-state index in [2.05, 4.69) is 10.3 Å². The van der Waals surface area contributed by atoms with Gasteiger partial charge in [0.2, 0.25) is 0 Å². The number of carbonyl (C=O) groups excluding carboxylic acids is 1. The predicted molar refractivity (Wildman–Crippen MR) is 74.4 cm³/mol. The predicted octanol–water partition coefficient (Wildman–Crippen LogP) is 2.15. The first-order valence-corrected chi connectivity index (χ1v) is 6.72. The minimum absolute atomic E-state index is 0.0738. The zero-order valence-electron chi connectivity index (χ0n) is 12.1. The highest BCUT2D eigenvalue weighted by molar-refractivity contribution is 5.98. The Morgan fingerprint density at radius 3 is 2.55 bits per heavy atom. The van der Waals surface area contributed by atoms with Crippen molar-refractivity contribution in [3.05, 3.63) is 29.6 Å². The van der Waals surface area contributed by atoms with Crippen LogP contribution < -0.4 is 5.32 Å². The lowest BCUT2D eigenvalue weighted by molar-refractivity contribution is -0.144. The van der Waals surface area contributed by atoms with E-state index >= 15 is 0 Å². The van der Waals surface area contributed by atoms with Crippen molar-refractivity contribution in [3.8, 4) is 0 Å². The van der Waals surface area contributed by atoms with Crippen molar-refractivity contribution < 1.29 is 14.7 Å². The summed E-state index contributed by atoms with van der Waals surface area (Å²) >= 11 is 0. The molecule has 0 bridgehead atoms. The zero-order chi connectivity index (χ0) is 15.0. The van der Waals surface area contributed by atoms with E-state index in [0.29, 0.717) is 18.4 Å². The van der Waals surface area contributed by atoms with Gasteiger partial charge in [0.05, 0.1) is 5.56 Å². The Morgan fingerprint density at radius 2 is 2.05 bits per heavy atom. The Bertz CT molecular complexity index is 554. The number of amides is 1. The van der Waals surface area contributed by atoms with E-state index in [1.165, 1.54) is 6.20 Å². The fourth-order valence-corrected chi connectivity index (χ4v) is 2.87. The minimum atomic E-state index is -1.16. The molecule has 2 N–H and O–H groups in total. The Kier molecular flexibility index (Phi) is 3.54. The summed E-state index contributed by atoms with van der Waals surface area (Å²) in [7, 11) is 0. The minimum Gasteiger partial charge on any atom is -0.480 e. The summed E-state index contributed by atoms with van der Waals surface area (Å²) in [6, 6.07) is 1.74. The lowest BCUT2D eigenvalue weighted by Gasteiger charge is -2.28. The topological polar surface area (TPSA) is 79.3 Å². The number of aryl methyl sites for hydroxylation is 1. The monoisotopic (exact) mass is 276 g/mol. The number of nitrogens with zero attached hydrogens (tertiary/aromatic N) is 1. The van der Waals surface area contributed by atoms with Gasteiger partial charge in [-0.1, -0.05) is 13.8 Å². The molecule has 1 aromatic rings. The highest BCUT2D eigenvalue weighted by Crippen LogP contribution is 2.43. The molecule has 1 fully saturated rings. The van der Waals surface area contributed by atoms with Crippen molar-refractivity contribution in [3.63, 3.8) is 0 Å². The molecule has 108 valence electrons. The molecule has 5 heteroatoms. The average molecular weight is 276 g/mol. The molecule has 1 amide bonds. The van der Waals surface area contributed by atoms with Gasteiger partial charge in [0, 0.05) is 12.4 Å². The van der Waals surface area contributed by atoms with Crippen LogP contribution in [0.15, 0.2) is 18.5 Å². The summed E-state index contributed by atoms with van der Waals surface area (Å²) in [5, 5.41) is 12.3. The van der Waals surface area contributed by atoms with Crippen LogP contribution in [0.2, 0.25) is 0 Å². The van der Waals surface area contributed by atoms with Gasteiger partial charge in [0.15, 0.2) is 0 Å². The number of nitrogens with one attached hydrogen (secondary N) is 1. The van der Waals surface area contributed by atoms with Crippen LogP contribution in [0.5, 0.6) is 0 Å². The van der Waals surface area contributed by atoms with Gasteiger partial charge < -0.3 is 10.4 Å². The standard InChI is InChI=1S/C15H20N2O3/c1-10-4-7-16-8-11(10)12(18)17-15(13(19)20)6-5-14(2,3)9-15/h4,7-8H,5-6,9H2,1-3H3,(H,17,18)(H,19,20). The molecule has 0 radical (unpaired) electrons. The zero-order valence-corrected chi connectivity index (χ0v) is 12.1. The van der Waals surface area contributed by atoms with E-state index in [4.69, 9.17) is 0 Å². The second-order valence-electron chi connectivity index (χ2n) is 6.37. The third kappa shape index (κ3) is 2.66. The number of carboxylic acid groups (broad SMARTS) is 1. The summed E-state index contributed by atoms with van der Waals surface area (Å²) in [6.45, 7) is 5.86. The third-order valence-corrected chi connectivity index (χ3v) is 4.05. The van der Waals surface area contributed by atoms with E-state index in [9.17, 15) is 14.7 Å². The van der Waals surface area contributed by atoms with Gasteiger partial charge >= 0.3 is 5.97 Å². The first-order valence-electron chi connectivity index (χ1n) is 6.72. The molecule has 0 aromatic carbocycles. The number of carboxylic acids is 1. The lowest BCUT2D eigenvalue weighted by atomic mass is 9.87. The van der Waals surface area contributed by atoms with Crippen molar-refractivity contribution in [2.75, 3.05) is 0 Å². The Labute approximate surface area is 118 Å². The SMILES string of the molecule is Cc1ccncc1C(=O)NC1(C(=O)O)CCC(C)(C)C1. The maximum absolute atomic E-state index is 12.3. The van der Waals surface area contributed by atoms with E-state index in [1.807, 2.05) is 20.8 Å². The summed E-state index contributed by atoms with van der Waals surface area (Å²) in [6.07, 6.45) is 4.77. The second kappa shape index (κ2) is 4.89. The van der Waals surface area contributed by atoms with Gasteiger partial charge in [0.25, 0.3) is 5.91 Å². The summed E-state index contributed by atoms with van der Waals surface area (Å²) in [4.78, 5) is 27.9. The molecule has 1 atom stereocenters. The van der Waals surface area contributed by atoms with E-state index in [-0.39, 0.29) is 11.3 Å². The van der Waals surface area contributed by atoms with E-state index in [1.54, 1.807) is 12.3 Å². The number of hydrogen-bond donors (Lipinski definition) is 2. The lowest BCUT2D eigenvalue weighted by Crippen LogP contribution is -2.53. The van der Waals surface area contributed by atoms with Crippen molar-refractivity contribution >= 4 is 11.9 Å². The van der Waals surface area contributed by atoms with Crippen LogP contribution in [0.25, 0.3) is 0 Å². The van der Waals surface area contributed by atoms with Crippen LogP contribution in [0.4, 0.5) is 0 Å². The molecular weight excluding hydrogens is 256 g/mol. The van der Waals surface area contributed by atoms with Crippen molar-refractivity contribution in [1.29, 1.82) is 0 Å². The normalized spacial score (nSPS) is 24.4. The number of hydrogen-bond acceptors (Lipinski definition) is 3. The molecule has 1 unspecified atom stereocenters.